The Morgan fingerprint density at radius 1 is 1.35 bits per heavy atom. The van der Waals surface area contributed by atoms with Crippen LogP contribution in [0.2, 0.25) is 0 Å². The monoisotopic (exact) mass is 342 g/mol. The summed E-state index contributed by atoms with van der Waals surface area (Å²) in [5, 5.41) is 3.02. The summed E-state index contributed by atoms with van der Waals surface area (Å²) < 4.78 is 11.1. The largest absolute Gasteiger partial charge is 0.488 e. The van der Waals surface area contributed by atoms with Crippen molar-refractivity contribution in [1.29, 1.82) is 0 Å². The number of nitrogens with one attached hydrogen (secondary N) is 1. The molecule has 23 heavy (non-hydrogen) atoms. The van der Waals surface area contributed by atoms with E-state index >= 15 is 0 Å². The second-order valence-corrected chi connectivity index (χ2v) is 5.88. The number of carbonyl (C=O) groups excluding carboxylic acids is 1. The number of nitrogens with two attached hydrogens (primary N) is 1. The molecule has 5 nitrogen and oxygen atoms in total. The number of halogens is 1. The van der Waals surface area contributed by atoms with Crippen molar-refractivity contribution in [1.82, 2.24) is 5.32 Å². The number of aryl methyl sites for hydroxylation is 1. The van der Waals surface area contributed by atoms with Crippen molar-refractivity contribution in [3.05, 3.63) is 29.8 Å². The van der Waals surface area contributed by atoms with Gasteiger partial charge in [0.1, 0.15) is 17.9 Å². The predicted octanol–water partition coefficient (Wildman–Crippen LogP) is 2.20. The first-order chi connectivity index (χ1) is 10.6. The average Bonchev–Trinajstić information content (AvgIpc) is 2.51. The quantitative estimate of drug-likeness (QED) is 0.831. The number of amides is 1. The van der Waals surface area contributed by atoms with E-state index in [9.17, 15) is 4.79 Å². The highest BCUT2D eigenvalue weighted by Gasteiger charge is 2.29. The van der Waals surface area contributed by atoms with E-state index in [0.29, 0.717) is 0 Å². The minimum absolute atomic E-state index is 0. The van der Waals surface area contributed by atoms with E-state index in [1.807, 2.05) is 31.2 Å². The van der Waals surface area contributed by atoms with E-state index in [-0.39, 0.29) is 37.1 Å². The Kier molecular flexibility index (Phi) is 8.37. The molecule has 1 aliphatic carbocycles. The molecule has 0 aromatic heterocycles. The highest BCUT2D eigenvalue weighted by molar-refractivity contribution is 5.85. The van der Waals surface area contributed by atoms with Gasteiger partial charge in [0.25, 0.3) is 0 Å². The van der Waals surface area contributed by atoms with E-state index in [1.165, 1.54) is 7.11 Å². The molecule has 0 spiro atoms. The molecule has 1 amide bonds. The van der Waals surface area contributed by atoms with Crippen LogP contribution in [-0.4, -0.2) is 37.8 Å². The van der Waals surface area contributed by atoms with Crippen LogP contribution in [0.3, 0.4) is 0 Å². The van der Waals surface area contributed by atoms with Crippen molar-refractivity contribution in [2.24, 2.45) is 5.73 Å². The van der Waals surface area contributed by atoms with Crippen LogP contribution in [-0.2, 0) is 9.53 Å². The number of hydrogen-bond acceptors (Lipinski definition) is 4. The van der Waals surface area contributed by atoms with Gasteiger partial charge in [0.2, 0.25) is 5.91 Å². The molecule has 0 radical (unpaired) electrons. The lowest BCUT2D eigenvalue weighted by atomic mass is 9.92. The van der Waals surface area contributed by atoms with Crippen LogP contribution in [0, 0.1) is 6.92 Å². The summed E-state index contributed by atoms with van der Waals surface area (Å²) in [7, 11) is 1.54. The SMILES string of the molecule is COCC(N)C(=O)NC1CCCCC1Oc1ccccc1C.Cl. The molecule has 6 heteroatoms. The van der Waals surface area contributed by atoms with Gasteiger partial charge in [0, 0.05) is 7.11 Å². The molecule has 3 atom stereocenters. The van der Waals surface area contributed by atoms with Crippen LogP contribution in [0.15, 0.2) is 24.3 Å². The number of para-hydroxylation sites is 1. The van der Waals surface area contributed by atoms with Crippen molar-refractivity contribution in [2.45, 2.75) is 50.8 Å². The van der Waals surface area contributed by atoms with Gasteiger partial charge in [-0.15, -0.1) is 12.4 Å². The maximum absolute atomic E-state index is 12.1. The molecule has 1 fully saturated rings. The van der Waals surface area contributed by atoms with E-state index < -0.39 is 6.04 Å². The Morgan fingerprint density at radius 3 is 2.74 bits per heavy atom. The zero-order chi connectivity index (χ0) is 15.9. The van der Waals surface area contributed by atoms with Gasteiger partial charge in [0.15, 0.2) is 0 Å². The normalized spacial score (nSPS) is 21.9. The lowest BCUT2D eigenvalue weighted by Gasteiger charge is -2.33. The molecule has 1 aromatic rings. The molecular weight excluding hydrogens is 316 g/mol. The van der Waals surface area contributed by atoms with Gasteiger partial charge in [-0.3, -0.25) is 4.79 Å². The summed E-state index contributed by atoms with van der Waals surface area (Å²) in [4.78, 5) is 12.1. The lowest BCUT2D eigenvalue weighted by Crippen LogP contribution is -2.53. The molecule has 3 N–H and O–H groups in total. The maximum atomic E-state index is 12.1. The molecule has 0 bridgehead atoms. The summed E-state index contributed by atoms with van der Waals surface area (Å²) in [5.41, 5.74) is 6.89. The molecule has 1 aromatic carbocycles. The first-order valence-corrected chi connectivity index (χ1v) is 7.89. The highest BCUT2D eigenvalue weighted by atomic mass is 35.5. The van der Waals surface area contributed by atoms with E-state index in [1.54, 1.807) is 0 Å². The van der Waals surface area contributed by atoms with Gasteiger partial charge in [-0.05, 0) is 37.8 Å². The van der Waals surface area contributed by atoms with Gasteiger partial charge in [-0.25, -0.2) is 0 Å². The topological polar surface area (TPSA) is 73.6 Å². The van der Waals surface area contributed by atoms with Crippen LogP contribution in [0.25, 0.3) is 0 Å². The van der Waals surface area contributed by atoms with E-state index in [4.69, 9.17) is 15.2 Å². The number of rotatable bonds is 6. The van der Waals surface area contributed by atoms with Crippen LogP contribution in [0.5, 0.6) is 5.75 Å². The molecule has 3 unspecified atom stereocenters. The van der Waals surface area contributed by atoms with Gasteiger partial charge in [-0.1, -0.05) is 24.6 Å². The zero-order valence-corrected chi connectivity index (χ0v) is 14.6. The highest BCUT2D eigenvalue weighted by Crippen LogP contribution is 2.26. The lowest BCUT2D eigenvalue weighted by molar-refractivity contribution is -0.125. The Labute approximate surface area is 144 Å². The third kappa shape index (κ3) is 5.68. The second kappa shape index (κ2) is 9.75. The van der Waals surface area contributed by atoms with Crippen molar-refractivity contribution < 1.29 is 14.3 Å². The number of methoxy groups -OCH3 is 1. The van der Waals surface area contributed by atoms with E-state index in [0.717, 1.165) is 37.0 Å². The molecule has 0 aliphatic heterocycles. The first kappa shape index (κ1) is 19.7. The Morgan fingerprint density at radius 2 is 2.04 bits per heavy atom. The van der Waals surface area contributed by atoms with Gasteiger partial charge >= 0.3 is 0 Å². The summed E-state index contributed by atoms with van der Waals surface area (Å²) in [6.45, 7) is 2.25. The van der Waals surface area contributed by atoms with Crippen molar-refractivity contribution >= 4 is 18.3 Å². The smallest absolute Gasteiger partial charge is 0.239 e. The number of carbonyl (C=O) groups is 1. The van der Waals surface area contributed by atoms with Crippen molar-refractivity contribution in [2.75, 3.05) is 13.7 Å². The van der Waals surface area contributed by atoms with Crippen molar-refractivity contribution in [3.8, 4) is 5.75 Å². The van der Waals surface area contributed by atoms with Crippen LogP contribution >= 0.6 is 12.4 Å². The molecule has 0 heterocycles. The van der Waals surface area contributed by atoms with Gasteiger partial charge < -0.3 is 20.5 Å². The van der Waals surface area contributed by atoms with Crippen LogP contribution in [0.4, 0.5) is 0 Å². The summed E-state index contributed by atoms with van der Waals surface area (Å²) in [5.74, 6) is 0.710. The number of benzene rings is 1. The summed E-state index contributed by atoms with van der Waals surface area (Å²) in [6.07, 6.45) is 4.07. The molecule has 1 aliphatic rings. The van der Waals surface area contributed by atoms with Crippen LogP contribution in [0.1, 0.15) is 31.2 Å². The fraction of sp³-hybridized carbons (Fsp3) is 0.588. The number of hydrogen-bond donors (Lipinski definition) is 2. The molecule has 0 saturated heterocycles. The molecule has 1 saturated carbocycles. The first-order valence-electron chi connectivity index (χ1n) is 7.89. The summed E-state index contributed by atoms with van der Waals surface area (Å²) in [6, 6.07) is 7.33. The Bertz CT molecular complexity index is 498. The molecule has 130 valence electrons. The number of ether oxygens (including phenoxy) is 2. The zero-order valence-electron chi connectivity index (χ0n) is 13.8. The van der Waals surface area contributed by atoms with Gasteiger partial charge in [-0.2, -0.15) is 0 Å². The molecule has 2 rings (SSSR count). The Hall–Kier alpha value is -1.30. The third-order valence-electron chi connectivity index (χ3n) is 4.09. The third-order valence-corrected chi connectivity index (χ3v) is 4.09. The molecular formula is C17H27ClN2O3. The average molecular weight is 343 g/mol. The summed E-state index contributed by atoms with van der Waals surface area (Å²) >= 11 is 0. The fourth-order valence-electron chi connectivity index (χ4n) is 2.80. The fourth-order valence-corrected chi connectivity index (χ4v) is 2.80. The second-order valence-electron chi connectivity index (χ2n) is 5.88. The van der Waals surface area contributed by atoms with Crippen LogP contribution < -0.4 is 15.8 Å². The van der Waals surface area contributed by atoms with E-state index in [2.05, 4.69) is 5.32 Å². The minimum atomic E-state index is -0.633. The van der Waals surface area contributed by atoms with Crippen molar-refractivity contribution in [3.63, 3.8) is 0 Å². The predicted molar refractivity (Wildman–Crippen MR) is 93.1 cm³/mol. The standard InChI is InChI=1S/C17H26N2O3.ClH/c1-12-7-3-5-9-15(12)22-16-10-6-4-8-14(16)19-17(20)13(18)11-21-2;/h3,5,7,9,13-14,16H,4,6,8,10-11,18H2,1-2H3,(H,19,20);1H. The maximum Gasteiger partial charge on any atom is 0.239 e. The minimum Gasteiger partial charge on any atom is -0.488 e. The van der Waals surface area contributed by atoms with Gasteiger partial charge in [0.05, 0.1) is 12.6 Å². The Balaban J connectivity index is 0.00000264.